The van der Waals surface area contributed by atoms with E-state index in [1.807, 2.05) is 0 Å². The molecule has 1 saturated heterocycles. The molecule has 1 unspecified atom stereocenters. The molecule has 1 aliphatic heterocycles. The first-order valence-electron chi connectivity index (χ1n) is 6.44. The van der Waals surface area contributed by atoms with Crippen molar-refractivity contribution in [2.45, 2.75) is 25.8 Å². The van der Waals surface area contributed by atoms with Crippen molar-refractivity contribution in [3.8, 4) is 0 Å². The third-order valence-electron chi connectivity index (χ3n) is 3.70. The molecular weight excluding hydrogens is 247 g/mol. The van der Waals surface area contributed by atoms with Crippen LogP contribution < -0.4 is 10.2 Å². The Morgan fingerprint density at radius 1 is 1.32 bits per heavy atom. The fourth-order valence-corrected chi connectivity index (χ4v) is 2.57. The molecule has 3 rings (SSSR count). The molecular formula is C14H15FN2O2. The van der Waals surface area contributed by atoms with Crippen LogP contribution in [0.5, 0.6) is 0 Å². The van der Waals surface area contributed by atoms with Crippen molar-refractivity contribution in [3.63, 3.8) is 0 Å². The summed E-state index contributed by atoms with van der Waals surface area (Å²) < 4.78 is 14.0. The van der Waals surface area contributed by atoms with Gasteiger partial charge in [-0.3, -0.25) is 14.5 Å². The van der Waals surface area contributed by atoms with Crippen LogP contribution in [0.15, 0.2) is 18.2 Å². The van der Waals surface area contributed by atoms with Crippen molar-refractivity contribution < 1.29 is 14.0 Å². The van der Waals surface area contributed by atoms with Crippen LogP contribution in [0.4, 0.5) is 10.1 Å². The average Bonchev–Trinajstić information content (AvgIpc) is 3.17. The molecule has 0 aromatic heterocycles. The van der Waals surface area contributed by atoms with Gasteiger partial charge < -0.3 is 5.32 Å². The topological polar surface area (TPSA) is 49.4 Å². The van der Waals surface area contributed by atoms with Crippen LogP contribution in [-0.2, 0) is 9.59 Å². The third kappa shape index (κ3) is 2.09. The van der Waals surface area contributed by atoms with Crippen molar-refractivity contribution in [2.24, 2.45) is 5.92 Å². The molecule has 100 valence electrons. The average molecular weight is 262 g/mol. The highest BCUT2D eigenvalue weighted by molar-refractivity contribution is 6.07. The molecule has 1 atom stereocenters. The second kappa shape index (κ2) is 4.33. The first-order chi connectivity index (χ1) is 9.08. The van der Waals surface area contributed by atoms with Gasteiger partial charge >= 0.3 is 0 Å². The summed E-state index contributed by atoms with van der Waals surface area (Å²) in [6, 6.07) is 4.17. The Morgan fingerprint density at radius 3 is 2.68 bits per heavy atom. The van der Waals surface area contributed by atoms with Crippen molar-refractivity contribution in [3.05, 3.63) is 29.6 Å². The summed E-state index contributed by atoms with van der Waals surface area (Å²) in [6.07, 6.45) is 1.89. The lowest BCUT2D eigenvalue weighted by Crippen LogP contribution is -2.59. The fraction of sp³-hybridized carbons (Fsp3) is 0.429. The third-order valence-corrected chi connectivity index (χ3v) is 3.70. The van der Waals surface area contributed by atoms with E-state index in [-0.39, 0.29) is 30.0 Å². The molecule has 0 radical (unpaired) electrons. The normalized spacial score (nSPS) is 23.5. The van der Waals surface area contributed by atoms with E-state index in [0.717, 1.165) is 12.8 Å². The number of nitrogens with one attached hydrogen (secondary N) is 1. The number of aryl methyl sites for hydroxylation is 1. The molecule has 5 heteroatoms. The maximum absolute atomic E-state index is 14.0. The monoisotopic (exact) mass is 262 g/mol. The lowest BCUT2D eigenvalue weighted by Gasteiger charge is -2.33. The molecule has 1 N–H and O–H groups in total. The first-order valence-corrected chi connectivity index (χ1v) is 6.44. The van der Waals surface area contributed by atoms with Crippen LogP contribution >= 0.6 is 0 Å². The standard InChI is InChI=1S/C14H15FN2O2/c1-8-3-2-4-10(15)13(8)17-7-11(18)16-12(14(17)19)9-5-6-9/h2-4,9,12H,5-7H2,1H3,(H,16,18). The number of hydrogen-bond acceptors (Lipinski definition) is 2. The molecule has 1 saturated carbocycles. The zero-order chi connectivity index (χ0) is 13.6. The van der Waals surface area contributed by atoms with Gasteiger partial charge in [-0.15, -0.1) is 0 Å². The highest BCUT2D eigenvalue weighted by Crippen LogP contribution is 2.36. The Balaban J connectivity index is 1.98. The molecule has 0 bridgehead atoms. The maximum atomic E-state index is 14.0. The number of anilines is 1. The molecule has 2 fully saturated rings. The summed E-state index contributed by atoms with van der Waals surface area (Å²) in [6.45, 7) is 1.63. The highest BCUT2D eigenvalue weighted by Gasteiger charge is 2.43. The van der Waals surface area contributed by atoms with Crippen LogP contribution in [0.3, 0.4) is 0 Å². The Kier molecular flexibility index (Phi) is 2.77. The van der Waals surface area contributed by atoms with E-state index in [2.05, 4.69) is 5.32 Å². The van der Waals surface area contributed by atoms with E-state index in [1.54, 1.807) is 19.1 Å². The Labute approximate surface area is 110 Å². The largest absolute Gasteiger partial charge is 0.342 e. The zero-order valence-electron chi connectivity index (χ0n) is 10.6. The fourth-order valence-electron chi connectivity index (χ4n) is 2.57. The Morgan fingerprint density at radius 2 is 2.05 bits per heavy atom. The minimum Gasteiger partial charge on any atom is -0.342 e. The van der Waals surface area contributed by atoms with Crippen LogP contribution in [-0.4, -0.2) is 24.4 Å². The van der Waals surface area contributed by atoms with Gasteiger partial charge in [-0.2, -0.15) is 0 Å². The second-order valence-electron chi connectivity index (χ2n) is 5.21. The number of rotatable bonds is 2. The van der Waals surface area contributed by atoms with E-state index < -0.39 is 11.9 Å². The molecule has 1 heterocycles. The summed E-state index contributed by atoms with van der Waals surface area (Å²) in [5.74, 6) is -0.668. The Hall–Kier alpha value is -1.91. The minimum absolute atomic E-state index is 0.107. The van der Waals surface area contributed by atoms with Gasteiger partial charge in [-0.25, -0.2) is 4.39 Å². The van der Waals surface area contributed by atoms with Crippen LogP contribution in [0.2, 0.25) is 0 Å². The number of benzene rings is 1. The number of carbonyl (C=O) groups excluding carboxylic acids is 2. The predicted octanol–water partition coefficient (Wildman–Crippen LogP) is 1.38. The van der Waals surface area contributed by atoms with Crippen LogP contribution in [0.1, 0.15) is 18.4 Å². The van der Waals surface area contributed by atoms with Gasteiger partial charge in [-0.05, 0) is 37.3 Å². The Bertz CT molecular complexity index is 534. The molecule has 2 amide bonds. The number of carbonyl (C=O) groups is 2. The van der Waals surface area contributed by atoms with E-state index in [4.69, 9.17) is 0 Å². The SMILES string of the molecule is Cc1cccc(F)c1N1CC(=O)NC(C2CC2)C1=O. The van der Waals surface area contributed by atoms with Crippen molar-refractivity contribution in [1.29, 1.82) is 0 Å². The van der Waals surface area contributed by atoms with Gasteiger partial charge in [0.1, 0.15) is 18.4 Å². The van der Waals surface area contributed by atoms with Gasteiger partial charge in [0, 0.05) is 0 Å². The molecule has 0 spiro atoms. The predicted molar refractivity (Wildman–Crippen MR) is 68.1 cm³/mol. The zero-order valence-corrected chi connectivity index (χ0v) is 10.6. The smallest absolute Gasteiger partial charge is 0.250 e. The van der Waals surface area contributed by atoms with E-state index >= 15 is 0 Å². The van der Waals surface area contributed by atoms with Crippen molar-refractivity contribution in [1.82, 2.24) is 5.32 Å². The summed E-state index contributed by atoms with van der Waals surface area (Å²) in [5, 5.41) is 2.71. The van der Waals surface area contributed by atoms with E-state index in [1.165, 1.54) is 11.0 Å². The molecule has 1 aromatic carbocycles. The lowest BCUT2D eigenvalue weighted by molar-refractivity contribution is -0.131. The molecule has 19 heavy (non-hydrogen) atoms. The first kappa shape index (κ1) is 12.1. The van der Waals surface area contributed by atoms with Crippen molar-refractivity contribution >= 4 is 17.5 Å². The molecule has 1 aromatic rings. The second-order valence-corrected chi connectivity index (χ2v) is 5.21. The lowest BCUT2D eigenvalue weighted by atomic mass is 10.1. The quantitative estimate of drug-likeness (QED) is 0.875. The maximum Gasteiger partial charge on any atom is 0.250 e. The van der Waals surface area contributed by atoms with Crippen molar-refractivity contribution in [2.75, 3.05) is 11.4 Å². The molecule has 2 aliphatic rings. The number of halogens is 1. The minimum atomic E-state index is -0.486. The summed E-state index contributed by atoms with van der Waals surface area (Å²) in [4.78, 5) is 25.4. The van der Waals surface area contributed by atoms with Gasteiger partial charge in [0.05, 0.1) is 5.69 Å². The number of para-hydroxylation sites is 1. The van der Waals surface area contributed by atoms with Crippen LogP contribution in [0.25, 0.3) is 0 Å². The molecule has 4 nitrogen and oxygen atoms in total. The van der Waals surface area contributed by atoms with Gasteiger partial charge in [0.15, 0.2) is 0 Å². The number of amides is 2. The van der Waals surface area contributed by atoms with E-state index in [0.29, 0.717) is 5.56 Å². The van der Waals surface area contributed by atoms with Gasteiger partial charge in [0.25, 0.3) is 0 Å². The van der Waals surface area contributed by atoms with E-state index in [9.17, 15) is 14.0 Å². The summed E-state index contributed by atoms with van der Waals surface area (Å²) >= 11 is 0. The van der Waals surface area contributed by atoms with Gasteiger partial charge in [0.2, 0.25) is 11.8 Å². The van der Waals surface area contributed by atoms with Crippen LogP contribution in [0, 0.1) is 18.7 Å². The molecule has 1 aliphatic carbocycles. The summed E-state index contributed by atoms with van der Waals surface area (Å²) in [5.41, 5.74) is 0.894. The summed E-state index contributed by atoms with van der Waals surface area (Å²) in [7, 11) is 0. The number of hydrogen-bond donors (Lipinski definition) is 1. The highest BCUT2D eigenvalue weighted by atomic mass is 19.1. The van der Waals surface area contributed by atoms with Gasteiger partial charge in [-0.1, -0.05) is 12.1 Å². The number of nitrogens with zero attached hydrogens (tertiary/aromatic N) is 1. The number of piperazine rings is 1.